The topological polar surface area (TPSA) is 82.9 Å². The van der Waals surface area contributed by atoms with Crippen LogP contribution in [0.2, 0.25) is 0 Å². The van der Waals surface area contributed by atoms with E-state index in [1.54, 1.807) is 0 Å². The van der Waals surface area contributed by atoms with Gasteiger partial charge in [-0.05, 0) is 57.3 Å². The summed E-state index contributed by atoms with van der Waals surface area (Å²) in [5.74, 6) is 0.938. The molecule has 0 saturated carbocycles. The van der Waals surface area contributed by atoms with E-state index in [1.165, 1.54) is 0 Å². The highest BCUT2D eigenvalue weighted by Gasteiger charge is 2.30. The van der Waals surface area contributed by atoms with Crippen LogP contribution in [0.4, 0.5) is 5.95 Å². The smallest absolute Gasteiger partial charge is 0.206 e. The largest absolute Gasteiger partial charge is 0.341 e. The number of nitrogens with one attached hydrogen (secondary N) is 1. The average Bonchev–Trinajstić information content (AvgIpc) is 3.27. The Bertz CT molecular complexity index is 833. The summed E-state index contributed by atoms with van der Waals surface area (Å²) in [6.45, 7) is 3.66. The van der Waals surface area contributed by atoms with E-state index in [0.29, 0.717) is 11.6 Å². The van der Waals surface area contributed by atoms with Crippen molar-refractivity contribution in [1.29, 1.82) is 5.26 Å². The first kappa shape index (κ1) is 16.3. The average molecular weight is 454 g/mol. The van der Waals surface area contributed by atoms with Crippen LogP contribution in [0, 0.1) is 11.3 Å². The lowest BCUT2D eigenvalue weighted by Crippen LogP contribution is -2.29. The molecule has 24 heavy (non-hydrogen) atoms. The zero-order chi connectivity index (χ0) is 16.8. The lowest BCUT2D eigenvalue weighted by atomic mass is 10.2. The van der Waals surface area contributed by atoms with E-state index in [-0.39, 0.29) is 6.04 Å². The summed E-state index contributed by atoms with van der Waals surface area (Å²) in [6, 6.07) is 4.90. The Labute approximate surface area is 157 Å². The van der Waals surface area contributed by atoms with Gasteiger partial charge in [0.05, 0.1) is 21.6 Å². The van der Waals surface area contributed by atoms with Gasteiger partial charge in [0.25, 0.3) is 0 Å². The fourth-order valence-corrected chi connectivity index (χ4v) is 4.48. The highest BCUT2D eigenvalue weighted by atomic mass is 79.9. The number of imidazole rings is 1. The van der Waals surface area contributed by atoms with Crippen LogP contribution < -0.4 is 16.0 Å². The lowest BCUT2D eigenvalue weighted by Gasteiger charge is -2.22. The van der Waals surface area contributed by atoms with Crippen molar-refractivity contribution < 1.29 is 0 Å². The molecular weight excluding hydrogens is 436 g/mol. The maximum Gasteiger partial charge on any atom is 0.206 e. The minimum atomic E-state index is 0.189. The fourth-order valence-electron chi connectivity index (χ4n) is 3.68. The molecule has 0 aliphatic carbocycles. The van der Waals surface area contributed by atoms with Crippen molar-refractivity contribution in [3.8, 4) is 6.07 Å². The second-order valence-corrected chi connectivity index (χ2v) is 8.10. The third kappa shape index (κ3) is 2.54. The number of halogens is 2. The van der Waals surface area contributed by atoms with Crippen molar-refractivity contribution in [1.82, 2.24) is 14.9 Å². The number of fused-ring (bicyclic) bond motifs is 1. The normalized spacial score (nSPS) is 24.0. The molecule has 0 bridgehead atoms. The molecule has 2 atom stereocenters. The van der Waals surface area contributed by atoms with Crippen molar-refractivity contribution in [2.75, 3.05) is 31.1 Å². The molecule has 2 aliphatic heterocycles. The first-order chi connectivity index (χ1) is 11.6. The van der Waals surface area contributed by atoms with Crippen molar-refractivity contribution in [2.45, 2.75) is 24.9 Å². The van der Waals surface area contributed by atoms with Gasteiger partial charge in [-0.3, -0.25) is 0 Å². The van der Waals surface area contributed by atoms with Crippen LogP contribution in [0.15, 0.2) is 15.0 Å². The van der Waals surface area contributed by atoms with Crippen molar-refractivity contribution in [2.24, 2.45) is 5.73 Å². The molecule has 1 aromatic carbocycles. The number of rotatable bonds is 2. The molecule has 0 amide bonds. The third-order valence-electron chi connectivity index (χ3n) is 4.88. The maximum absolute atomic E-state index is 9.62. The highest BCUT2D eigenvalue weighted by molar-refractivity contribution is 9.13. The zero-order valence-corrected chi connectivity index (χ0v) is 16.3. The summed E-state index contributed by atoms with van der Waals surface area (Å²) in [5, 5.41) is 13.0. The van der Waals surface area contributed by atoms with Gasteiger partial charge in [0, 0.05) is 30.1 Å². The summed E-state index contributed by atoms with van der Waals surface area (Å²) in [5.41, 5.74) is 8.45. The second-order valence-electron chi connectivity index (χ2n) is 6.45. The van der Waals surface area contributed by atoms with E-state index in [2.05, 4.69) is 58.8 Å². The summed E-state index contributed by atoms with van der Waals surface area (Å²) >= 11 is 7.07. The number of hydrogen-bond acceptors (Lipinski definition) is 5. The molecule has 4 rings (SSSR count). The Morgan fingerprint density at radius 1 is 1.38 bits per heavy atom. The molecule has 1 aromatic heterocycles. The maximum atomic E-state index is 9.62. The van der Waals surface area contributed by atoms with Gasteiger partial charge in [-0.2, -0.15) is 5.26 Å². The van der Waals surface area contributed by atoms with Gasteiger partial charge in [-0.15, -0.1) is 0 Å². The molecule has 3 N–H and O–H groups in total. The summed E-state index contributed by atoms with van der Waals surface area (Å²) in [7, 11) is 0. The number of benzene rings is 1. The quantitative estimate of drug-likeness (QED) is 0.729. The molecule has 6 nitrogen and oxygen atoms in total. The van der Waals surface area contributed by atoms with Crippen LogP contribution in [0.5, 0.6) is 0 Å². The highest BCUT2D eigenvalue weighted by Crippen LogP contribution is 2.38. The van der Waals surface area contributed by atoms with Gasteiger partial charge < -0.3 is 20.5 Å². The fraction of sp³-hybridized carbons (Fsp3) is 0.500. The molecule has 0 unspecified atom stereocenters. The van der Waals surface area contributed by atoms with E-state index in [1.807, 2.05) is 0 Å². The van der Waals surface area contributed by atoms with E-state index in [9.17, 15) is 5.26 Å². The van der Waals surface area contributed by atoms with Gasteiger partial charge in [-0.25, -0.2) is 4.98 Å². The summed E-state index contributed by atoms with van der Waals surface area (Å²) in [6.07, 6.45) is 2.04. The number of nitrogens with zero attached hydrogens (tertiary/aromatic N) is 4. The minimum Gasteiger partial charge on any atom is -0.341 e. The number of aromatic nitrogens is 2. The SMILES string of the molecule is N#Cc1c(Br)c(Br)cc2c1nc(N1CC[C@@H](N)C1)n2[C@H]1CCNC1. The van der Waals surface area contributed by atoms with Gasteiger partial charge in [0.2, 0.25) is 5.95 Å². The summed E-state index contributed by atoms with van der Waals surface area (Å²) < 4.78 is 3.94. The van der Waals surface area contributed by atoms with Crippen molar-refractivity contribution in [3.05, 3.63) is 20.6 Å². The molecule has 2 fully saturated rings. The first-order valence-electron chi connectivity index (χ1n) is 8.11. The molecular formula is C16H18Br2N6. The van der Waals surface area contributed by atoms with E-state index in [4.69, 9.17) is 10.7 Å². The first-order valence-corrected chi connectivity index (χ1v) is 9.70. The summed E-state index contributed by atoms with van der Waals surface area (Å²) in [4.78, 5) is 7.13. The third-order valence-corrected chi connectivity index (χ3v) is 6.86. The molecule has 2 aliphatic rings. The van der Waals surface area contributed by atoms with Crippen LogP contribution in [-0.4, -0.2) is 41.8 Å². The van der Waals surface area contributed by atoms with Crippen LogP contribution in [0.25, 0.3) is 11.0 Å². The van der Waals surface area contributed by atoms with Crippen LogP contribution in [0.3, 0.4) is 0 Å². The lowest BCUT2D eigenvalue weighted by molar-refractivity contribution is 0.557. The van der Waals surface area contributed by atoms with Crippen LogP contribution >= 0.6 is 31.9 Å². The number of nitriles is 1. The number of hydrogen-bond donors (Lipinski definition) is 2. The molecule has 8 heteroatoms. The predicted molar refractivity (Wildman–Crippen MR) is 101 cm³/mol. The van der Waals surface area contributed by atoms with Gasteiger partial charge in [0.15, 0.2) is 0 Å². The molecule has 2 aromatic rings. The van der Waals surface area contributed by atoms with Gasteiger partial charge in [0.1, 0.15) is 11.6 Å². The standard InChI is InChI=1S/C16H18Br2N6/c17-12-5-13-15(11(6-19)14(12)18)22-16(23-4-2-9(20)8-23)24(13)10-1-3-21-7-10/h5,9-10,21H,1-4,7-8,20H2/t9-,10+/m1/s1. The van der Waals surface area contributed by atoms with Gasteiger partial charge in [-0.1, -0.05) is 0 Å². The van der Waals surface area contributed by atoms with E-state index >= 15 is 0 Å². The van der Waals surface area contributed by atoms with E-state index in [0.717, 1.165) is 64.9 Å². The van der Waals surface area contributed by atoms with Gasteiger partial charge >= 0.3 is 0 Å². The minimum absolute atomic E-state index is 0.189. The number of nitrogens with two attached hydrogens (primary N) is 1. The Balaban J connectivity index is 1.96. The van der Waals surface area contributed by atoms with Crippen molar-refractivity contribution >= 4 is 48.8 Å². The Hall–Kier alpha value is -1.14. The molecule has 0 spiro atoms. The number of anilines is 1. The monoisotopic (exact) mass is 452 g/mol. The molecule has 0 radical (unpaired) electrons. The predicted octanol–water partition coefficient (Wildman–Crippen LogP) is 2.50. The molecule has 3 heterocycles. The van der Waals surface area contributed by atoms with Crippen molar-refractivity contribution in [3.63, 3.8) is 0 Å². The molecule has 126 valence electrons. The zero-order valence-electron chi connectivity index (χ0n) is 13.1. The van der Waals surface area contributed by atoms with Crippen LogP contribution in [-0.2, 0) is 0 Å². The Morgan fingerprint density at radius 3 is 2.83 bits per heavy atom. The van der Waals surface area contributed by atoms with E-state index < -0.39 is 0 Å². The second kappa shape index (κ2) is 6.30. The Morgan fingerprint density at radius 2 is 2.21 bits per heavy atom. The van der Waals surface area contributed by atoms with Crippen LogP contribution in [0.1, 0.15) is 24.4 Å². The Kier molecular flexibility index (Phi) is 4.29. The molecule has 2 saturated heterocycles.